The number of esters is 2. The molecule has 0 aromatic carbocycles. The number of aliphatic hydroxyl groups is 1. The number of H-pyrrole nitrogens is 1. The fourth-order valence-electron chi connectivity index (χ4n) is 3.77. The summed E-state index contributed by atoms with van der Waals surface area (Å²) in [5, 5.41) is 13.5. The van der Waals surface area contributed by atoms with Crippen molar-refractivity contribution in [3.63, 3.8) is 0 Å². The quantitative estimate of drug-likeness (QED) is 0.631. The summed E-state index contributed by atoms with van der Waals surface area (Å²) in [6.07, 6.45) is 1.62. The molecule has 120 valence electrons. The van der Waals surface area contributed by atoms with E-state index in [1.165, 1.54) is 13.0 Å². The molecule has 1 saturated carbocycles. The molecule has 1 aromatic rings. The van der Waals surface area contributed by atoms with E-state index in [2.05, 4.69) is 10.3 Å². The number of cyclic esters (lactones) is 1. The van der Waals surface area contributed by atoms with Gasteiger partial charge in [0.15, 0.2) is 6.10 Å². The summed E-state index contributed by atoms with van der Waals surface area (Å²) < 4.78 is 10.3. The van der Waals surface area contributed by atoms with E-state index in [0.29, 0.717) is 5.57 Å². The van der Waals surface area contributed by atoms with Gasteiger partial charge in [0.2, 0.25) is 0 Å². The number of ether oxygens (including phenoxy) is 2. The van der Waals surface area contributed by atoms with Gasteiger partial charge in [-0.1, -0.05) is 0 Å². The third-order valence-corrected chi connectivity index (χ3v) is 4.80. The van der Waals surface area contributed by atoms with E-state index in [9.17, 15) is 19.5 Å². The zero-order valence-electron chi connectivity index (χ0n) is 12.1. The molecule has 3 heterocycles. The van der Waals surface area contributed by atoms with Crippen molar-refractivity contribution in [2.24, 2.45) is 11.8 Å². The zero-order chi connectivity index (χ0) is 16.4. The molecule has 23 heavy (non-hydrogen) atoms. The lowest BCUT2D eigenvalue weighted by Crippen LogP contribution is -2.51. The highest BCUT2D eigenvalue weighted by Crippen LogP contribution is 2.50. The van der Waals surface area contributed by atoms with Gasteiger partial charge in [-0.15, -0.1) is 0 Å². The second-order valence-corrected chi connectivity index (χ2v) is 6.15. The lowest BCUT2D eigenvalue weighted by Gasteiger charge is -2.32. The van der Waals surface area contributed by atoms with E-state index in [0.717, 1.165) is 6.26 Å². The molecule has 1 saturated heterocycles. The van der Waals surface area contributed by atoms with Gasteiger partial charge in [0.05, 0.1) is 17.5 Å². The molecule has 2 fully saturated rings. The van der Waals surface area contributed by atoms with E-state index in [1.807, 2.05) is 0 Å². The maximum atomic E-state index is 12.2. The SMILES string of the molecule is C[C@]1(O)[C@@H](OC(=O)c2ccc[nH]2)[C@H]2NC(=O)C3=COC(=O)[C@H]1[C@@H]32. The predicted molar refractivity (Wildman–Crippen MR) is 73.7 cm³/mol. The van der Waals surface area contributed by atoms with Crippen LogP contribution in [0.2, 0.25) is 0 Å². The summed E-state index contributed by atoms with van der Waals surface area (Å²) in [4.78, 5) is 38.9. The first kappa shape index (κ1) is 14.0. The Morgan fingerprint density at radius 2 is 2.22 bits per heavy atom. The van der Waals surface area contributed by atoms with Crippen LogP contribution < -0.4 is 5.32 Å². The van der Waals surface area contributed by atoms with E-state index in [1.54, 1.807) is 12.3 Å². The number of carbonyl (C=O) groups is 3. The van der Waals surface area contributed by atoms with Crippen molar-refractivity contribution in [1.82, 2.24) is 10.3 Å². The molecule has 2 aliphatic heterocycles. The number of hydrogen-bond acceptors (Lipinski definition) is 6. The highest BCUT2D eigenvalue weighted by Gasteiger charge is 2.68. The average Bonchev–Trinajstić information content (AvgIpc) is 3.16. The molecule has 8 nitrogen and oxygen atoms in total. The third-order valence-electron chi connectivity index (χ3n) is 4.80. The Hall–Kier alpha value is -2.61. The number of rotatable bonds is 2. The molecule has 0 radical (unpaired) electrons. The minimum atomic E-state index is -1.65. The second kappa shape index (κ2) is 4.45. The molecule has 0 spiro atoms. The van der Waals surface area contributed by atoms with Gasteiger partial charge < -0.3 is 24.9 Å². The molecule has 1 aliphatic carbocycles. The second-order valence-electron chi connectivity index (χ2n) is 6.15. The van der Waals surface area contributed by atoms with Crippen molar-refractivity contribution in [3.05, 3.63) is 35.9 Å². The Morgan fingerprint density at radius 3 is 2.91 bits per heavy atom. The molecule has 4 rings (SSSR count). The molecule has 3 N–H and O–H groups in total. The third kappa shape index (κ3) is 1.78. The van der Waals surface area contributed by atoms with Gasteiger partial charge in [0, 0.05) is 12.1 Å². The van der Waals surface area contributed by atoms with E-state index >= 15 is 0 Å². The molecule has 1 aromatic heterocycles. The Bertz CT molecular complexity index is 735. The number of hydrogen-bond donors (Lipinski definition) is 3. The van der Waals surface area contributed by atoms with Gasteiger partial charge >= 0.3 is 11.9 Å². The van der Waals surface area contributed by atoms with Gasteiger partial charge in [0.1, 0.15) is 17.6 Å². The number of nitrogens with one attached hydrogen (secondary N) is 2. The van der Waals surface area contributed by atoms with Crippen molar-refractivity contribution >= 4 is 17.8 Å². The summed E-state index contributed by atoms with van der Waals surface area (Å²) in [7, 11) is 0. The highest BCUT2D eigenvalue weighted by molar-refractivity contribution is 6.00. The molecule has 1 amide bonds. The van der Waals surface area contributed by atoms with Gasteiger partial charge in [-0.2, -0.15) is 0 Å². The minimum absolute atomic E-state index is 0.221. The Balaban J connectivity index is 1.70. The topological polar surface area (TPSA) is 118 Å². The maximum absolute atomic E-state index is 12.2. The fraction of sp³-hybridized carbons (Fsp3) is 0.400. The van der Waals surface area contributed by atoms with E-state index in [4.69, 9.17) is 9.47 Å². The number of aromatic nitrogens is 1. The molecule has 0 unspecified atom stereocenters. The van der Waals surface area contributed by atoms with Crippen LogP contribution in [-0.2, 0) is 19.1 Å². The Labute approximate surface area is 130 Å². The average molecular weight is 318 g/mol. The summed E-state index contributed by atoms with van der Waals surface area (Å²) in [5.74, 6) is -3.22. The van der Waals surface area contributed by atoms with Crippen LogP contribution in [0.25, 0.3) is 0 Å². The largest absolute Gasteiger partial charge is 0.452 e. The van der Waals surface area contributed by atoms with Crippen LogP contribution >= 0.6 is 0 Å². The predicted octanol–water partition coefficient (Wildman–Crippen LogP) is -0.524. The van der Waals surface area contributed by atoms with Crippen LogP contribution in [0.15, 0.2) is 30.2 Å². The standard InChI is InChI=1S/C15H14N2O6/c1-15(21)9-8-6(5-22-14(9)20)12(18)17-10(8)11(15)23-13(19)7-3-2-4-16-7/h2-5,8-11,16,21H,1H3,(H,17,18)/t8-,9-,10+,11+,15-/m1/s1. The Kier molecular flexibility index (Phi) is 2.71. The van der Waals surface area contributed by atoms with Crippen LogP contribution in [0.4, 0.5) is 0 Å². The van der Waals surface area contributed by atoms with Crippen LogP contribution in [0, 0.1) is 11.8 Å². The number of carbonyl (C=O) groups excluding carboxylic acids is 3. The number of aromatic amines is 1. The fourth-order valence-corrected chi connectivity index (χ4v) is 3.77. The van der Waals surface area contributed by atoms with Crippen LogP contribution in [0.3, 0.4) is 0 Å². The normalized spacial score (nSPS) is 37.7. The van der Waals surface area contributed by atoms with Gasteiger partial charge in [-0.05, 0) is 19.1 Å². The first-order valence-electron chi connectivity index (χ1n) is 7.19. The first-order chi connectivity index (χ1) is 10.9. The van der Waals surface area contributed by atoms with Gasteiger partial charge in [0.25, 0.3) is 5.91 Å². The zero-order valence-corrected chi connectivity index (χ0v) is 12.1. The molecular weight excluding hydrogens is 304 g/mol. The molecule has 0 bridgehead atoms. The maximum Gasteiger partial charge on any atom is 0.355 e. The molecule has 8 heteroatoms. The van der Waals surface area contributed by atoms with E-state index < -0.39 is 41.5 Å². The Morgan fingerprint density at radius 1 is 1.43 bits per heavy atom. The van der Waals surface area contributed by atoms with E-state index in [-0.39, 0.29) is 11.6 Å². The van der Waals surface area contributed by atoms with Crippen molar-refractivity contribution in [3.8, 4) is 0 Å². The van der Waals surface area contributed by atoms with Gasteiger partial charge in [-0.3, -0.25) is 9.59 Å². The smallest absolute Gasteiger partial charge is 0.355 e. The van der Waals surface area contributed by atoms with Crippen molar-refractivity contribution < 1.29 is 29.0 Å². The van der Waals surface area contributed by atoms with Crippen LogP contribution in [-0.4, -0.2) is 45.7 Å². The minimum Gasteiger partial charge on any atom is -0.452 e. The lowest BCUT2D eigenvalue weighted by atomic mass is 9.82. The van der Waals surface area contributed by atoms with Gasteiger partial charge in [-0.25, -0.2) is 4.79 Å². The summed E-state index contributed by atoms with van der Waals surface area (Å²) in [6.45, 7) is 1.42. The van der Waals surface area contributed by atoms with Crippen LogP contribution in [0.5, 0.6) is 0 Å². The first-order valence-corrected chi connectivity index (χ1v) is 7.19. The van der Waals surface area contributed by atoms with Crippen molar-refractivity contribution in [2.45, 2.75) is 24.7 Å². The van der Waals surface area contributed by atoms with Crippen molar-refractivity contribution in [1.29, 1.82) is 0 Å². The summed E-state index contributed by atoms with van der Waals surface area (Å²) in [6, 6.07) is 2.51. The highest BCUT2D eigenvalue weighted by atomic mass is 16.6. The van der Waals surface area contributed by atoms with Crippen LogP contribution in [0.1, 0.15) is 17.4 Å². The molecular formula is C15H14N2O6. The molecule has 3 aliphatic rings. The summed E-state index contributed by atoms with van der Waals surface area (Å²) in [5.41, 5.74) is -1.14. The summed E-state index contributed by atoms with van der Waals surface area (Å²) >= 11 is 0. The molecule has 5 atom stereocenters. The number of amides is 1. The lowest BCUT2D eigenvalue weighted by molar-refractivity contribution is -0.158. The monoisotopic (exact) mass is 318 g/mol. The van der Waals surface area contributed by atoms with Crippen molar-refractivity contribution in [2.75, 3.05) is 0 Å².